The Kier molecular flexibility index (Phi) is 7.04. The van der Waals surface area contributed by atoms with Crippen molar-refractivity contribution in [3.05, 3.63) is 222 Å². The predicted octanol–water partition coefficient (Wildman–Crippen LogP) is 13.1. The summed E-state index contributed by atoms with van der Waals surface area (Å²) in [4.78, 5) is 2.33. The number of nitrogens with zero attached hydrogens (tertiary/aromatic N) is 1. The molecule has 2 heterocycles. The van der Waals surface area contributed by atoms with Gasteiger partial charge in [-0.05, 0) is 70.8 Å². The number of hydrogen-bond donors (Lipinski definition) is 0. The zero-order valence-corrected chi connectivity index (χ0v) is 28.3. The normalized spacial score (nSPS) is 13.1. The summed E-state index contributed by atoms with van der Waals surface area (Å²) < 4.78 is 13.5. The van der Waals surface area contributed by atoms with Crippen LogP contribution in [0.4, 0.5) is 17.1 Å². The van der Waals surface area contributed by atoms with Crippen LogP contribution in [-0.2, 0) is 5.41 Å². The minimum absolute atomic E-state index is 0.639. The van der Waals surface area contributed by atoms with E-state index < -0.39 is 5.41 Å². The van der Waals surface area contributed by atoms with E-state index >= 15 is 0 Å². The molecule has 246 valence electrons. The Morgan fingerprint density at radius 1 is 0.288 bits per heavy atom. The van der Waals surface area contributed by atoms with Crippen LogP contribution in [0.1, 0.15) is 22.3 Å². The Hall–Kier alpha value is -6.84. The second-order valence-electron chi connectivity index (χ2n) is 13.3. The van der Waals surface area contributed by atoms with Crippen molar-refractivity contribution in [1.82, 2.24) is 0 Å². The third kappa shape index (κ3) is 4.74. The molecule has 10 rings (SSSR count). The third-order valence-electron chi connectivity index (χ3n) is 10.4. The maximum Gasteiger partial charge on any atom is 0.134 e. The third-order valence-corrected chi connectivity index (χ3v) is 10.4. The number of hydrogen-bond acceptors (Lipinski definition) is 3. The minimum Gasteiger partial charge on any atom is -0.457 e. The first-order chi connectivity index (χ1) is 25.8. The van der Waals surface area contributed by atoms with Crippen LogP contribution in [0.15, 0.2) is 200 Å². The summed E-state index contributed by atoms with van der Waals surface area (Å²) in [5.41, 5.74) is 11.5. The Balaban J connectivity index is 1.21. The highest BCUT2D eigenvalue weighted by molar-refractivity contribution is 5.84. The number of fused-ring (bicyclic) bond motifs is 8. The van der Waals surface area contributed by atoms with Gasteiger partial charge in [-0.25, -0.2) is 0 Å². The largest absolute Gasteiger partial charge is 0.457 e. The molecule has 2 aliphatic heterocycles. The molecule has 0 aliphatic carbocycles. The molecule has 0 N–H and O–H groups in total. The fraction of sp³-hybridized carbons (Fsp3) is 0.0204. The van der Waals surface area contributed by atoms with Crippen LogP contribution in [0, 0.1) is 0 Å². The lowest BCUT2D eigenvalue weighted by atomic mass is 9.62. The molecule has 3 heteroatoms. The van der Waals surface area contributed by atoms with Crippen molar-refractivity contribution in [3.8, 4) is 45.3 Å². The summed E-state index contributed by atoms with van der Waals surface area (Å²) in [7, 11) is 0. The molecule has 0 aromatic heterocycles. The van der Waals surface area contributed by atoms with Gasteiger partial charge in [0.25, 0.3) is 0 Å². The van der Waals surface area contributed by atoms with E-state index in [2.05, 4.69) is 193 Å². The van der Waals surface area contributed by atoms with Crippen LogP contribution in [0.2, 0.25) is 0 Å². The lowest BCUT2D eigenvalue weighted by Gasteiger charge is -2.45. The average molecular weight is 668 g/mol. The van der Waals surface area contributed by atoms with Gasteiger partial charge in [0.2, 0.25) is 0 Å². The first-order valence-corrected chi connectivity index (χ1v) is 17.7. The predicted molar refractivity (Wildman–Crippen MR) is 210 cm³/mol. The number of benzene rings is 8. The Morgan fingerprint density at radius 2 is 0.673 bits per heavy atom. The van der Waals surface area contributed by atoms with E-state index in [1.807, 2.05) is 12.1 Å². The topological polar surface area (TPSA) is 21.7 Å². The van der Waals surface area contributed by atoms with Crippen LogP contribution >= 0.6 is 0 Å². The van der Waals surface area contributed by atoms with E-state index in [-0.39, 0.29) is 0 Å². The Morgan fingerprint density at radius 3 is 1.17 bits per heavy atom. The van der Waals surface area contributed by atoms with Gasteiger partial charge in [0.15, 0.2) is 0 Å². The summed E-state index contributed by atoms with van der Waals surface area (Å²) in [5, 5.41) is 0. The number of anilines is 3. The van der Waals surface area contributed by atoms with Crippen molar-refractivity contribution in [2.75, 3.05) is 4.90 Å². The van der Waals surface area contributed by atoms with E-state index in [4.69, 9.17) is 9.47 Å². The number of rotatable bonds is 5. The molecule has 0 radical (unpaired) electrons. The highest BCUT2D eigenvalue weighted by atomic mass is 16.5. The summed E-state index contributed by atoms with van der Waals surface area (Å²) in [5.74, 6) is 3.35. The molecule has 2 aliphatic rings. The second-order valence-corrected chi connectivity index (χ2v) is 13.3. The molecule has 0 fully saturated rings. The molecule has 52 heavy (non-hydrogen) atoms. The summed E-state index contributed by atoms with van der Waals surface area (Å²) in [6.07, 6.45) is 0. The van der Waals surface area contributed by atoms with E-state index in [0.717, 1.165) is 73.4 Å². The lowest BCUT2D eigenvalue weighted by molar-refractivity contribution is 0.399. The molecule has 0 bridgehead atoms. The first kappa shape index (κ1) is 30.0. The lowest BCUT2D eigenvalue weighted by Crippen LogP contribution is -2.36. The summed E-state index contributed by atoms with van der Waals surface area (Å²) in [6, 6.07) is 70.6. The van der Waals surface area contributed by atoms with Gasteiger partial charge in [0.1, 0.15) is 23.0 Å². The van der Waals surface area contributed by atoms with Crippen molar-refractivity contribution in [2.45, 2.75) is 5.41 Å². The maximum atomic E-state index is 6.92. The Bertz CT molecular complexity index is 2450. The fourth-order valence-corrected chi connectivity index (χ4v) is 8.11. The van der Waals surface area contributed by atoms with Gasteiger partial charge in [0, 0.05) is 45.4 Å². The smallest absolute Gasteiger partial charge is 0.134 e. The van der Waals surface area contributed by atoms with Crippen molar-refractivity contribution < 1.29 is 9.47 Å². The minimum atomic E-state index is -0.639. The van der Waals surface area contributed by atoms with Crippen LogP contribution in [0.5, 0.6) is 23.0 Å². The summed E-state index contributed by atoms with van der Waals surface area (Å²) >= 11 is 0. The van der Waals surface area contributed by atoms with E-state index in [9.17, 15) is 0 Å². The highest BCUT2D eigenvalue weighted by Gasteiger charge is 2.50. The zero-order chi connectivity index (χ0) is 34.5. The molecule has 0 atom stereocenters. The van der Waals surface area contributed by atoms with Gasteiger partial charge < -0.3 is 14.4 Å². The van der Waals surface area contributed by atoms with Gasteiger partial charge in [-0.2, -0.15) is 0 Å². The number of para-hydroxylation sites is 3. The van der Waals surface area contributed by atoms with E-state index in [1.165, 1.54) is 11.1 Å². The van der Waals surface area contributed by atoms with Crippen LogP contribution in [0.25, 0.3) is 22.3 Å². The van der Waals surface area contributed by atoms with Crippen molar-refractivity contribution in [1.29, 1.82) is 0 Å². The molecular weight excluding hydrogens is 635 g/mol. The van der Waals surface area contributed by atoms with Crippen molar-refractivity contribution >= 4 is 17.1 Å². The molecule has 0 amide bonds. The fourth-order valence-electron chi connectivity index (χ4n) is 8.11. The van der Waals surface area contributed by atoms with Gasteiger partial charge in [-0.15, -0.1) is 0 Å². The van der Waals surface area contributed by atoms with Gasteiger partial charge in [-0.1, -0.05) is 146 Å². The molecule has 1 spiro atoms. The van der Waals surface area contributed by atoms with Crippen LogP contribution in [0.3, 0.4) is 0 Å². The molecule has 8 aromatic rings. The van der Waals surface area contributed by atoms with Gasteiger partial charge >= 0.3 is 0 Å². The van der Waals surface area contributed by atoms with Crippen molar-refractivity contribution in [2.24, 2.45) is 0 Å². The van der Waals surface area contributed by atoms with Gasteiger partial charge in [-0.3, -0.25) is 0 Å². The first-order valence-electron chi connectivity index (χ1n) is 17.7. The summed E-state index contributed by atoms with van der Waals surface area (Å²) in [6.45, 7) is 0. The highest BCUT2D eigenvalue weighted by Crippen LogP contribution is 2.61. The second kappa shape index (κ2) is 12.2. The molecule has 0 saturated carbocycles. The molecule has 0 unspecified atom stereocenters. The van der Waals surface area contributed by atoms with Crippen LogP contribution < -0.4 is 14.4 Å². The van der Waals surface area contributed by atoms with Crippen LogP contribution in [-0.4, -0.2) is 0 Å². The quantitative estimate of drug-likeness (QED) is 0.182. The zero-order valence-electron chi connectivity index (χ0n) is 28.3. The maximum absolute atomic E-state index is 6.92. The molecule has 3 nitrogen and oxygen atoms in total. The number of ether oxygens (including phenoxy) is 2. The van der Waals surface area contributed by atoms with E-state index in [0.29, 0.717) is 0 Å². The molecular formula is C49H33NO2. The molecule has 0 saturated heterocycles. The Labute approximate surface area is 303 Å². The SMILES string of the molecule is c1ccc(-c2cccc(N(c3cccc(-c4ccccc4)c3)c3ccc4c(c3)Oc3ccccc3C43c4ccccc4Oc4ccccc43)c2)cc1. The standard InChI is InChI=1S/C49H33NO2/c1-3-15-34(16-4-1)36-19-13-21-38(31-36)50(39-22-14-20-37(32-39)35-17-5-2-6-18-35)40-29-30-44-48(33-40)52-47-28-12-9-25-43(47)49(44)41-23-7-10-26-45(41)51-46-27-11-8-24-42(46)49/h1-33H. The monoisotopic (exact) mass is 667 g/mol. The van der Waals surface area contributed by atoms with Crippen molar-refractivity contribution in [3.63, 3.8) is 0 Å². The van der Waals surface area contributed by atoms with Gasteiger partial charge in [0.05, 0.1) is 5.41 Å². The van der Waals surface area contributed by atoms with E-state index in [1.54, 1.807) is 0 Å². The molecule has 8 aromatic carbocycles. The average Bonchev–Trinajstić information content (AvgIpc) is 3.22.